The monoisotopic (exact) mass is 470 g/mol. The number of carbonyl (C=O) groups is 2. The summed E-state index contributed by atoms with van der Waals surface area (Å²) in [5.74, 6) is -1.43. The Labute approximate surface area is 195 Å². The zero-order valence-corrected chi connectivity index (χ0v) is 19.0. The summed E-state index contributed by atoms with van der Waals surface area (Å²) in [5, 5.41) is 18.6. The van der Waals surface area contributed by atoms with Crippen LogP contribution in [0.1, 0.15) is 31.5 Å². The molecule has 2 aromatic heterocycles. The van der Waals surface area contributed by atoms with Crippen LogP contribution in [0.15, 0.2) is 48.8 Å². The molecule has 3 heterocycles. The number of pyridine rings is 1. The van der Waals surface area contributed by atoms with Gasteiger partial charge in [0.1, 0.15) is 5.57 Å². The van der Waals surface area contributed by atoms with Crippen LogP contribution in [0.25, 0.3) is 17.0 Å². The molecule has 0 N–H and O–H groups in total. The summed E-state index contributed by atoms with van der Waals surface area (Å²) < 4.78 is 2.76. The lowest BCUT2D eigenvalue weighted by molar-refractivity contribution is -0.576. The molecule has 0 spiro atoms. The highest BCUT2D eigenvalue weighted by Gasteiger charge is 2.46. The smallest absolute Gasteiger partial charge is 0.326 e. The SMILES string of the molecule is CCCN1C(=O)C(c2c(CC)nn(-c3ccc(Cl)c(Cl)c3)c2[O-])=C([n+]2ccccc2)C1=O. The van der Waals surface area contributed by atoms with Gasteiger partial charge in [0.15, 0.2) is 12.4 Å². The van der Waals surface area contributed by atoms with Gasteiger partial charge in [-0.2, -0.15) is 9.67 Å². The van der Waals surface area contributed by atoms with Gasteiger partial charge in [0.25, 0.3) is 11.6 Å². The van der Waals surface area contributed by atoms with Crippen LogP contribution in [0.4, 0.5) is 0 Å². The molecule has 0 fully saturated rings. The van der Waals surface area contributed by atoms with Gasteiger partial charge in [-0.25, -0.2) is 4.68 Å². The van der Waals surface area contributed by atoms with Crippen molar-refractivity contribution in [3.63, 3.8) is 0 Å². The maximum Gasteiger partial charge on any atom is 0.326 e. The Balaban J connectivity index is 1.98. The number of nitrogens with zero attached hydrogens (tertiary/aromatic N) is 4. The maximum absolute atomic E-state index is 13.5. The van der Waals surface area contributed by atoms with E-state index >= 15 is 0 Å². The van der Waals surface area contributed by atoms with Gasteiger partial charge in [0.05, 0.1) is 21.4 Å². The fourth-order valence-corrected chi connectivity index (χ4v) is 4.03. The molecule has 1 aliphatic heterocycles. The molecule has 0 bridgehead atoms. The molecule has 9 heteroatoms. The Morgan fingerprint density at radius 3 is 2.38 bits per heavy atom. The summed E-state index contributed by atoms with van der Waals surface area (Å²) in [5.41, 5.74) is 1.17. The number of hydrogen-bond donors (Lipinski definition) is 0. The van der Waals surface area contributed by atoms with E-state index in [1.165, 1.54) is 15.6 Å². The third-order valence-electron chi connectivity index (χ3n) is 5.21. The van der Waals surface area contributed by atoms with Crippen LogP contribution in [0.2, 0.25) is 10.0 Å². The highest BCUT2D eigenvalue weighted by Crippen LogP contribution is 2.37. The van der Waals surface area contributed by atoms with E-state index in [4.69, 9.17) is 23.2 Å². The fourth-order valence-electron chi connectivity index (χ4n) is 3.74. The molecule has 32 heavy (non-hydrogen) atoms. The minimum atomic E-state index is -0.497. The number of imide groups is 1. The normalized spacial score (nSPS) is 14.1. The van der Waals surface area contributed by atoms with E-state index in [-0.39, 0.29) is 28.4 Å². The van der Waals surface area contributed by atoms with Crippen molar-refractivity contribution in [3.05, 3.63) is 70.1 Å². The molecule has 0 aliphatic carbocycles. The average Bonchev–Trinajstić information content (AvgIpc) is 3.24. The van der Waals surface area contributed by atoms with E-state index in [9.17, 15) is 14.7 Å². The quantitative estimate of drug-likeness (QED) is 0.408. The number of amides is 2. The Hall–Kier alpha value is -3.16. The van der Waals surface area contributed by atoms with E-state index in [0.29, 0.717) is 29.2 Å². The van der Waals surface area contributed by atoms with Crippen LogP contribution in [0, 0.1) is 0 Å². The summed E-state index contributed by atoms with van der Waals surface area (Å²) in [6.45, 7) is 3.98. The van der Waals surface area contributed by atoms with Gasteiger partial charge >= 0.3 is 5.91 Å². The summed E-state index contributed by atoms with van der Waals surface area (Å²) in [4.78, 5) is 27.8. The molecule has 0 unspecified atom stereocenters. The van der Waals surface area contributed by atoms with E-state index in [1.54, 1.807) is 47.3 Å². The summed E-state index contributed by atoms with van der Waals surface area (Å²) in [7, 11) is 0. The number of carbonyl (C=O) groups excluding carboxylic acids is 2. The predicted molar refractivity (Wildman–Crippen MR) is 119 cm³/mol. The van der Waals surface area contributed by atoms with Gasteiger partial charge in [0.2, 0.25) is 0 Å². The van der Waals surface area contributed by atoms with Crippen molar-refractivity contribution in [2.75, 3.05) is 6.54 Å². The average molecular weight is 471 g/mol. The Bertz CT molecular complexity index is 1250. The van der Waals surface area contributed by atoms with Gasteiger partial charge < -0.3 is 5.11 Å². The molecular weight excluding hydrogens is 451 g/mol. The number of halogens is 2. The molecule has 4 rings (SSSR count). The van der Waals surface area contributed by atoms with Crippen molar-refractivity contribution in [3.8, 4) is 11.6 Å². The molecule has 0 saturated carbocycles. The van der Waals surface area contributed by atoms with Crippen LogP contribution < -0.4 is 9.67 Å². The lowest BCUT2D eigenvalue weighted by Gasteiger charge is -2.15. The van der Waals surface area contributed by atoms with E-state index < -0.39 is 17.7 Å². The Morgan fingerprint density at radius 1 is 1.03 bits per heavy atom. The lowest BCUT2D eigenvalue weighted by atomic mass is 10.0. The second-order valence-electron chi connectivity index (χ2n) is 7.26. The largest absolute Gasteiger partial charge is 0.858 e. The maximum atomic E-state index is 13.5. The molecule has 1 aliphatic rings. The molecule has 0 radical (unpaired) electrons. The third kappa shape index (κ3) is 3.57. The topological polar surface area (TPSA) is 82.1 Å². The highest BCUT2D eigenvalue weighted by molar-refractivity contribution is 6.45. The van der Waals surface area contributed by atoms with E-state index in [0.717, 1.165) is 0 Å². The van der Waals surface area contributed by atoms with Crippen LogP contribution in [0.5, 0.6) is 5.88 Å². The van der Waals surface area contributed by atoms with Gasteiger partial charge in [-0.05, 0) is 36.9 Å². The van der Waals surface area contributed by atoms with Crippen molar-refractivity contribution in [2.45, 2.75) is 26.7 Å². The number of hydrogen-bond acceptors (Lipinski definition) is 4. The minimum absolute atomic E-state index is 0.0628. The molecular formula is C23H20Cl2N4O3. The van der Waals surface area contributed by atoms with Crippen LogP contribution >= 0.6 is 23.2 Å². The van der Waals surface area contributed by atoms with Crippen molar-refractivity contribution < 1.29 is 19.3 Å². The molecule has 7 nitrogen and oxygen atoms in total. The zero-order chi connectivity index (χ0) is 23.0. The number of aryl methyl sites for hydroxylation is 1. The zero-order valence-electron chi connectivity index (χ0n) is 17.5. The highest BCUT2D eigenvalue weighted by atomic mass is 35.5. The molecule has 2 amide bonds. The first-order valence-electron chi connectivity index (χ1n) is 10.2. The molecule has 164 valence electrons. The first-order chi connectivity index (χ1) is 15.4. The van der Waals surface area contributed by atoms with E-state index in [1.807, 2.05) is 13.8 Å². The van der Waals surface area contributed by atoms with Gasteiger partial charge in [0, 0.05) is 24.2 Å². The number of rotatable bonds is 6. The second kappa shape index (κ2) is 8.76. The third-order valence-corrected chi connectivity index (χ3v) is 5.95. The first kappa shape index (κ1) is 22.0. The van der Waals surface area contributed by atoms with Crippen LogP contribution in [-0.4, -0.2) is 33.0 Å². The van der Waals surface area contributed by atoms with Crippen LogP contribution in [-0.2, 0) is 16.0 Å². The molecule has 0 atom stereocenters. The van der Waals surface area contributed by atoms with Crippen molar-refractivity contribution in [1.29, 1.82) is 0 Å². The minimum Gasteiger partial charge on any atom is -0.858 e. The van der Waals surface area contributed by atoms with Gasteiger partial charge in [-0.1, -0.05) is 43.1 Å². The Kier molecular flexibility index (Phi) is 6.04. The molecule has 1 aromatic carbocycles. The van der Waals surface area contributed by atoms with Crippen LogP contribution in [0.3, 0.4) is 0 Å². The van der Waals surface area contributed by atoms with Crippen molar-refractivity contribution in [2.24, 2.45) is 0 Å². The predicted octanol–water partition coefficient (Wildman–Crippen LogP) is 3.25. The Morgan fingerprint density at radius 2 is 1.75 bits per heavy atom. The molecule has 3 aromatic rings. The fraction of sp³-hybridized carbons (Fsp3) is 0.217. The van der Waals surface area contributed by atoms with Gasteiger partial charge in [-0.15, -0.1) is 0 Å². The number of benzene rings is 1. The summed E-state index contributed by atoms with van der Waals surface area (Å²) in [6.07, 6.45) is 4.35. The standard InChI is InChI=1S/C23H20Cl2N4O3/c1-3-10-28-21(30)19(20(23(28)32)27-11-6-5-7-12-27)18-17(4-2)26-29(22(18)31)14-8-9-15(24)16(25)13-14/h5-9,11-13H,3-4,10H2,1-2H3. The van der Waals surface area contributed by atoms with Crippen molar-refractivity contribution >= 4 is 46.3 Å². The first-order valence-corrected chi connectivity index (χ1v) is 11.0. The van der Waals surface area contributed by atoms with Gasteiger partial charge in [-0.3, -0.25) is 14.5 Å². The van der Waals surface area contributed by atoms with Crippen molar-refractivity contribution in [1.82, 2.24) is 14.7 Å². The van der Waals surface area contributed by atoms with E-state index in [2.05, 4.69) is 5.10 Å². The summed E-state index contributed by atoms with van der Waals surface area (Å²) >= 11 is 12.1. The lowest BCUT2D eigenvalue weighted by Crippen LogP contribution is -2.39. The number of aromatic nitrogens is 3. The molecule has 0 saturated heterocycles. The second-order valence-corrected chi connectivity index (χ2v) is 8.07. The summed E-state index contributed by atoms with van der Waals surface area (Å²) in [6, 6.07) is 10.0.